The lowest BCUT2D eigenvalue weighted by molar-refractivity contribution is -0.115. The highest BCUT2D eigenvalue weighted by atomic mass is 32.2. The summed E-state index contributed by atoms with van der Waals surface area (Å²) in [6, 6.07) is 21.8. The van der Waals surface area contributed by atoms with Gasteiger partial charge in [0.25, 0.3) is 0 Å². The summed E-state index contributed by atoms with van der Waals surface area (Å²) in [5.74, 6) is 6.12. The molecule has 1 amide bonds. The number of nitrogens with two attached hydrogens (primary N) is 1. The molecule has 0 aliphatic carbocycles. The van der Waals surface area contributed by atoms with E-state index >= 15 is 0 Å². The number of thioether (sulfide) groups is 1. The number of halogens is 1. The average molecular weight is 462 g/mol. The standard InChI is InChI=1S/C25H24FN5OS/c1-16-12-13-17(2)21(14-16)28-24(32)23(18-8-4-3-5-9-18)33-25-30-29-22(31(25)27)15-19-10-6-7-11-20(19)26/h3-14,23H,15,27H2,1-2H3,(H,28,32)/t23-/m1/s1. The summed E-state index contributed by atoms with van der Waals surface area (Å²) in [7, 11) is 0. The molecule has 0 saturated carbocycles. The van der Waals surface area contributed by atoms with Crippen molar-refractivity contribution in [3.8, 4) is 0 Å². The largest absolute Gasteiger partial charge is 0.336 e. The first-order valence-corrected chi connectivity index (χ1v) is 11.3. The van der Waals surface area contributed by atoms with Gasteiger partial charge in [-0.05, 0) is 48.2 Å². The number of hydrogen-bond acceptors (Lipinski definition) is 5. The normalized spacial score (nSPS) is 11.8. The highest BCUT2D eigenvalue weighted by molar-refractivity contribution is 8.00. The van der Waals surface area contributed by atoms with Crippen LogP contribution in [0.15, 0.2) is 78.0 Å². The minimum absolute atomic E-state index is 0.196. The SMILES string of the molecule is Cc1ccc(C)c(NC(=O)[C@H](Sc2nnc(Cc3ccccc3F)n2N)c2ccccc2)c1. The van der Waals surface area contributed by atoms with Gasteiger partial charge in [-0.25, -0.2) is 9.07 Å². The number of aryl methyl sites for hydroxylation is 2. The van der Waals surface area contributed by atoms with E-state index in [-0.39, 0.29) is 18.1 Å². The minimum Gasteiger partial charge on any atom is -0.336 e. The summed E-state index contributed by atoms with van der Waals surface area (Å²) in [4.78, 5) is 13.4. The molecule has 0 aliphatic rings. The lowest BCUT2D eigenvalue weighted by atomic mass is 10.1. The predicted molar refractivity (Wildman–Crippen MR) is 129 cm³/mol. The molecule has 3 aromatic carbocycles. The topological polar surface area (TPSA) is 85.8 Å². The van der Waals surface area contributed by atoms with Crippen LogP contribution in [0.1, 0.15) is 33.3 Å². The molecule has 8 heteroatoms. The third kappa shape index (κ3) is 5.23. The van der Waals surface area contributed by atoms with Crippen LogP contribution in [-0.4, -0.2) is 20.8 Å². The number of benzene rings is 3. The monoisotopic (exact) mass is 461 g/mol. The first-order valence-electron chi connectivity index (χ1n) is 10.4. The molecular weight excluding hydrogens is 437 g/mol. The molecule has 0 fully saturated rings. The summed E-state index contributed by atoms with van der Waals surface area (Å²) in [6.45, 7) is 3.93. The molecule has 6 nitrogen and oxygen atoms in total. The summed E-state index contributed by atoms with van der Waals surface area (Å²) in [5.41, 5.74) is 4.07. The number of nitrogens with one attached hydrogen (secondary N) is 1. The van der Waals surface area contributed by atoms with Crippen molar-refractivity contribution < 1.29 is 9.18 Å². The molecule has 0 radical (unpaired) electrons. The maximum Gasteiger partial charge on any atom is 0.242 e. The van der Waals surface area contributed by atoms with Crippen molar-refractivity contribution in [1.29, 1.82) is 0 Å². The highest BCUT2D eigenvalue weighted by Gasteiger charge is 2.26. The van der Waals surface area contributed by atoms with E-state index in [2.05, 4.69) is 15.5 Å². The van der Waals surface area contributed by atoms with E-state index in [9.17, 15) is 9.18 Å². The number of rotatable bonds is 7. The van der Waals surface area contributed by atoms with Gasteiger partial charge in [0.15, 0.2) is 5.82 Å². The molecule has 3 N–H and O–H groups in total. The van der Waals surface area contributed by atoms with Crippen LogP contribution in [0.5, 0.6) is 0 Å². The Kier molecular flexibility index (Phi) is 6.74. The van der Waals surface area contributed by atoms with E-state index in [1.54, 1.807) is 18.2 Å². The summed E-state index contributed by atoms with van der Waals surface area (Å²) >= 11 is 1.20. The van der Waals surface area contributed by atoms with E-state index in [1.165, 1.54) is 22.5 Å². The number of anilines is 1. The molecule has 1 heterocycles. The highest BCUT2D eigenvalue weighted by Crippen LogP contribution is 2.35. The van der Waals surface area contributed by atoms with Crippen LogP contribution in [0.2, 0.25) is 0 Å². The average Bonchev–Trinajstić information content (AvgIpc) is 3.15. The number of nitrogen functional groups attached to an aromatic ring is 1. The third-order valence-electron chi connectivity index (χ3n) is 5.26. The van der Waals surface area contributed by atoms with Crippen molar-refractivity contribution in [3.63, 3.8) is 0 Å². The maximum atomic E-state index is 14.1. The maximum absolute atomic E-state index is 14.1. The molecule has 168 valence electrons. The summed E-state index contributed by atoms with van der Waals surface area (Å²) in [6.07, 6.45) is 0.196. The Bertz CT molecular complexity index is 1280. The van der Waals surface area contributed by atoms with Crippen LogP contribution in [0.25, 0.3) is 0 Å². The smallest absolute Gasteiger partial charge is 0.242 e. The van der Waals surface area contributed by atoms with Crippen LogP contribution >= 0.6 is 11.8 Å². The van der Waals surface area contributed by atoms with Gasteiger partial charge in [0.05, 0.1) is 0 Å². The second kappa shape index (κ2) is 9.87. The molecule has 1 aromatic heterocycles. The van der Waals surface area contributed by atoms with E-state index in [0.29, 0.717) is 16.5 Å². The van der Waals surface area contributed by atoms with Crippen LogP contribution in [0, 0.1) is 19.7 Å². The number of amides is 1. The van der Waals surface area contributed by atoms with Gasteiger partial charge in [-0.15, -0.1) is 10.2 Å². The molecule has 0 saturated heterocycles. The minimum atomic E-state index is -0.612. The number of carbonyl (C=O) groups excluding carboxylic acids is 1. The predicted octanol–water partition coefficient (Wildman–Crippen LogP) is 4.81. The summed E-state index contributed by atoms with van der Waals surface area (Å²) in [5, 5.41) is 11.1. The molecule has 33 heavy (non-hydrogen) atoms. The number of nitrogens with zero attached hydrogens (tertiary/aromatic N) is 3. The van der Waals surface area contributed by atoms with E-state index in [4.69, 9.17) is 5.84 Å². The molecule has 4 aromatic rings. The van der Waals surface area contributed by atoms with Crippen LogP contribution < -0.4 is 11.2 Å². The Morgan fingerprint density at radius 3 is 2.55 bits per heavy atom. The van der Waals surface area contributed by atoms with Gasteiger partial charge in [0, 0.05) is 12.1 Å². The van der Waals surface area contributed by atoms with Gasteiger partial charge in [0.2, 0.25) is 11.1 Å². The Labute approximate surface area is 196 Å². The quantitative estimate of drug-likeness (QED) is 0.305. The second-order valence-electron chi connectivity index (χ2n) is 7.75. The van der Waals surface area contributed by atoms with Gasteiger partial charge in [-0.3, -0.25) is 4.79 Å². The van der Waals surface area contributed by atoms with Crippen molar-refractivity contribution in [2.75, 3.05) is 11.2 Å². The van der Waals surface area contributed by atoms with Crippen molar-refractivity contribution in [1.82, 2.24) is 14.9 Å². The van der Waals surface area contributed by atoms with Crippen LogP contribution in [0.4, 0.5) is 10.1 Å². The number of aromatic nitrogens is 3. The molecule has 0 spiro atoms. The van der Waals surface area contributed by atoms with Gasteiger partial charge in [-0.1, -0.05) is 72.4 Å². The number of carbonyl (C=O) groups is 1. The Balaban J connectivity index is 1.60. The van der Waals surface area contributed by atoms with Crippen molar-refractivity contribution in [3.05, 3.63) is 107 Å². The lowest BCUT2D eigenvalue weighted by Gasteiger charge is -2.17. The zero-order valence-corrected chi connectivity index (χ0v) is 19.1. The molecule has 1 atom stereocenters. The van der Waals surface area contributed by atoms with Gasteiger partial charge in [-0.2, -0.15) is 0 Å². The van der Waals surface area contributed by atoms with E-state index in [1.807, 2.05) is 62.4 Å². The fourth-order valence-corrected chi connectivity index (χ4v) is 4.37. The van der Waals surface area contributed by atoms with Gasteiger partial charge >= 0.3 is 0 Å². The zero-order chi connectivity index (χ0) is 23.4. The first-order chi connectivity index (χ1) is 15.9. The van der Waals surface area contributed by atoms with Gasteiger partial charge in [0.1, 0.15) is 11.1 Å². The fraction of sp³-hybridized carbons (Fsp3) is 0.160. The molecular formula is C25H24FN5OS. The molecule has 0 unspecified atom stereocenters. The first kappa shape index (κ1) is 22.5. The summed E-state index contributed by atoms with van der Waals surface area (Å²) < 4.78 is 15.4. The van der Waals surface area contributed by atoms with Crippen LogP contribution in [-0.2, 0) is 11.2 Å². The van der Waals surface area contributed by atoms with E-state index < -0.39 is 5.25 Å². The van der Waals surface area contributed by atoms with Crippen molar-refractivity contribution in [2.45, 2.75) is 30.7 Å². The molecule has 0 bridgehead atoms. The van der Waals surface area contributed by atoms with E-state index in [0.717, 1.165) is 22.4 Å². The Hall–Kier alpha value is -3.65. The van der Waals surface area contributed by atoms with Crippen molar-refractivity contribution in [2.24, 2.45) is 0 Å². The Morgan fingerprint density at radius 1 is 1.06 bits per heavy atom. The Morgan fingerprint density at radius 2 is 1.79 bits per heavy atom. The zero-order valence-electron chi connectivity index (χ0n) is 18.3. The van der Waals surface area contributed by atoms with Crippen molar-refractivity contribution >= 4 is 23.4 Å². The third-order valence-corrected chi connectivity index (χ3v) is 6.47. The second-order valence-corrected chi connectivity index (χ2v) is 8.83. The number of hydrogen-bond donors (Lipinski definition) is 2. The fourth-order valence-electron chi connectivity index (χ4n) is 3.40. The molecule has 4 rings (SSSR count). The lowest BCUT2D eigenvalue weighted by Crippen LogP contribution is -2.21. The van der Waals surface area contributed by atoms with Crippen LogP contribution in [0.3, 0.4) is 0 Å². The molecule has 0 aliphatic heterocycles. The van der Waals surface area contributed by atoms with Gasteiger partial charge < -0.3 is 11.2 Å².